The number of nitrogens with zero attached hydrogens (tertiary/aromatic N) is 5. The second-order valence-corrected chi connectivity index (χ2v) is 10.4. The van der Waals surface area contributed by atoms with E-state index >= 15 is 4.39 Å². The molecule has 2 fully saturated rings. The van der Waals surface area contributed by atoms with Crippen molar-refractivity contribution in [1.29, 1.82) is 0 Å². The molecule has 4 heterocycles. The molecule has 0 spiro atoms. The molecule has 9 nitrogen and oxygen atoms in total. The quantitative estimate of drug-likeness (QED) is 0.365. The van der Waals surface area contributed by atoms with Gasteiger partial charge in [-0.05, 0) is 38.6 Å². The van der Waals surface area contributed by atoms with E-state index in [0.717, 1.165) is 19.4 Å². The van der Waals surface area contributed by atoms with Crippen LogP contribution in [0.3, 0.4) is 0 Å². The van der Waals surface area contributed by atoms with Gasteiger partial charge in [0, 0.05) is 35.6 Å². The lowest BCUT2D eigenvalue weighted by molar-refractivity contribution is 0.0156. The average molecular weight is 563 g/mol. The summed E-state index contributed by atoms with van der Waals surface area (Å²) < 4.78 is 56.6. The summed E-state index contributed by atoms with van der Waals surface area (Å²) in [5, 5.41) is 12.7. The van der Waals surface area contributed by atoms with Gasteiger partial charge in [-0.3, -0.25) is 0 Å². The lowest BCUT2D eigenvalue weighted by Crippen LogP contribution is -2.39. The molecule has 6 rings (SSSR count). The number of rotatable bonds is 5. The molecule has 39 heavy (non-hydrogen) atoms. The van der Waals surface area contributed by atoms with E-state index in [4.69, 9.17) is 20.8 Å². The third kappa shape index (κ3) is 4.92. The molecule has 0 unspecified atom stereocenters. The number of halogens is 4. The zero-order valence-corrected chi connectivity index (χ0v) is 21.8. The minimum atomic E-state index is -3.03. The van der Waals surface area contributed by atoms with Crippen LogP contribution in [0.1, 0.15) is 12.8 Å². The van der Waals surface area contributed by atoms with E-state index < -0.39 is 30.9 Å². The Kier molecular flexibility index (Phi) is 6.64. The van der Waals surface area contributed by atoms with E-state index in [-0.39, 0.29) is 75.7 Å². The summed E-state index contributed by atoms with van der Waals surface area (Å²) in [6, 6.07) is 6.29. The first-order valence-corrected chi connectivity index (χ1v) is 13.0. The summed E-state index contributed by atoms with van der Waals surface area (Å²) in [6.45, 7) is 0.625. The van der Waals surface area contributed by atoms with Gasteiger partial charge < -0.3 is 29.4 Å². The molecule has 13 heteroatoms. The number of hydrogen-bond acceptors (Lipinski definition) is 9. The summed E-state index contributed by atoms with van der Waals surface area (Å²) in [4.78, 5) is 16.4. The Morgan fingerprint density at radius 1 is 1.23 bits per heavy atom. The van der Waals surface area contributed by atoms with E-state index in [2.05, 4.69) is 25.2 Å². The molecule has 2 saturated heterocycles. The van der Waals surface area contributed by atoms with Crippen LogP contribution in [-0.4, -0.2) is 83.3 Å². The summed E-state index contributed by atoms with van der Waals surface area (Å²) in [5.41, 5.74) is 0.592. The number of benzene rings is 2. The van der Waals surface area contributed by atoms with Gasteiger partial charge in [0.1, 0.15) is 23.5 Å². The lowest BCUT2D eigenvalue weighted by Gasteiger charge is -2.26. The number of oxazole rings is 1. The van der Waals surface area contributed by atoms with Crippen LogP contribution in [0, 0.1) is 5.82 Å². The van der Waals surface area contributed by atoms with Gasteiger partial charge in [-0.2, -0.15) is 15.0 Å². The van der Waals surface area contributed by atoms with Crippen molar-refractivity contribution < 1.29 is 27.4 Å². The molecular weight excluding hydrogens is 537 g/mol. The third-order valence-electron chi connectivity index (χ3n) is 7.26. The largest absolute Gasteiger partial charge is 0.466 e. The van der Waals surface area contributed by atoms with Crippen LogP contribution < -0.4 is 15.0 Å². The minimum Gasteiger partial charge on any atom is -0.466 e. The van der Waals surface area contributed by atoms with E-state index in [9.17, 15) is 13.9 Å². The van der Waals surface area contributed by atoms with Crippen LogP contribution >= 0.6 is 11.6 Å². The molecule has 0 amide bonds. The number of likely N-dealkylation sites (N-methyl/N-ethyl adjacent to an activating group) is 1. The Hall–Kier alpha value is -3.35. The number of para-hydroxylation sites is 1. The molecule has 1 atom stereocenters. The Morgan fingerprint density at radius 3 is 2.87 bits per heavy atom. The van der Waals surface area contributed by atoms with E-state index in [1.54, 1.807) is 18.2 Å². The van der Waals surface area contributed by atoms with Crippen molar-refractivity contribution in [2.75, 3.05) is 51.3 Å². The summed E-state index contributed by atoms with van der Waals surface area (Å²) in [7, 11) is 2.00. The van der Waals surface area contributed by atoms with Crippen molar-refractivity contribution in [2.45, 2.75) is 24.8 Å². The second kappa shape index (κ2) is 10.00. The normalized spacial score (nSPS) is 20.1. The third-order valence-corrected chi connectivity index (χ3v) is 7.56. The fourth-order valence-corrected chi connectivity index (χ4v) is 5.59. The maximum atomic E-state index is 16.4. The number of fused-ring (bicyclic) bond motifs is 2. The Balaban J connectivity index is 1.51. The summed E-state index contributed by atoms with van der Waals surface area (Å²) >= 11 is 6.62. The fourth-order valence-electron chi connectivity index (χ4n) is 5.29. The van der Waals surface area contributed by atoms with Gasteiger partial charge in [0.2, 0.25) is 0 Å². The predicted octanol–water partition coefficient (Wildman–Crippen LogP) is 4.45. The number of aromatic nitrogens is 3. The van der Waals surface area contributed by atoms with Gasteiger partial charge in [-0.25, -0.2) is 13.2 Å². The van der Waals surface area contributed by atoms with Gasteiger partial charge >= 0.3 is 12.1 Å². The number of anilines is 1. The van der Waals surface area contributed by atoms with Gasteiger partial charge in [0.25, 0.3) is 5.92 Å². The first-order valence-electron chi connectivity index (χ1n) is 12.7. The zero-order chi connectivity index (χ0) is 27.3. The first-order chi connectivity index (χ1) is 18.7. The zero-order valence-electron chi connectivity index (χ0n) is 21.1. The van der Waals surface area contributed by atoms with Crippen molar-refractivity contribution in [2.24, 2.45) is 0 Å². The Labute approximate surface area is 226 Å². The van der Waals surface area contributed by atoms with Crippen LogP contribution in [0.15, 0.2) is 28.7 Å². The van der Waals surface area contributed by atoms with Crippen molar-refractivity contribution in [3.05, 3.63) is 35.1 Å². The fraction of sp³-hybridized carbons (Fsp3) is 0.423. The highest BCUT2D eigenvalue weighted by Gasteiger charge is 2.35. The van der Waals surface area contributed by atoms with Gasteiger partial charge in [-0.15, -0.1) is 0 Å². The molecule has 2 aliphatic heterocycles. The topological polar surface area (TPSA) is 99.8 Å². The highest BCUT2D eigenvalue weighted by Crippen LogP contribution is 2.41. The van der Waals surface area contributed by atoms with Crippen LogP contribution in [0.2, 0.25) is 5.02 Å². The van der Waals surface area contributed by atoms with Gasteiger partial charge in [0.15, 0.2) is 11.4 Å². The SMILES string of the molecule is CN1CCC[C@H]1COc1nc(N2CCNCC(F)(F)C2)c2cc(Cl)c(-c3cccc4oc(O)nc34)c(F)c2n1. The van der Waals surface area contributed by atoms with Gasteiger partial charge in [-0.1, -0.05) is 23.7 Å². The standard InChI is InChI=1S/C26H26ClF3N6O3/c1-35-8-3-4-14(35)11-38-24-32-22-16(23(34-24)36-9-7-31-12-26(29,30)13-36)10-17(27)19(20(22)28)15-5-2-6-18-21(15)33-25(37)39-18/h2,5-6,10,14,31H,3-4,7-9,11-13H2,1H3,(H,33,37)/t14-/m0/s1. The molecule has 0 aliphatic carbocycles. The highest BCUT2D eigenvalue weighted by atomic mass is 35.5. The molecule has 2 N–H and O–H groups in total. The Bertz CT molecular complexity index is 1550. The first kappa shape index (κ1) is 25.9. The molecule has 0 bridgehead atoms. The van der Waals surface area contributed by atoms with E-state index in [1.165, 1.54) is 11.0 Å². The number of aromatic hydroxyl groups is 1. The monoisotopic (exact) mass is 562 g/mol. The number of alkyl halides is 2. The second-order valence-electron chi connectivity index (χ2n) is 9.96. The van der Waals surface area contributed by atoms with E-state index in [0.29, 0.717) is 0 Å². The lowest BCUT2D eigenvalue weighted by atomic mass is 10.0. The van der Waals surface area contributed by atoms with E-state index in [1.807, 2.05) is 7.05 Å². The summed E-state index contributed by atoms with van der Waals surface area (Å²) in [5.74, 6) is -3.71. The number of ether oxygens (including phenoxy) is 1. The van der Waals surface area contributed by atoms with Crippen LogP contribution in [0.25, 0.3) is 33.1 Å². The molecule has 0 saturated carbocycles. The maximum Gasteiger partial charge on any atom is 0.392 e. The molecule has 206 valence electrons. The maximum absolute atomic E-state index is 16.4. The van der Waals surface area contributed by atoms with Crippen LogP contribution in [0.4, 0.5) is 19.0 Å². The minimum absolute atomic E-state index is 0.000737. The summed E-state index contributed by atoms with van der Waals surface area (Å²) in [6.07, 6.45) is 1.40. The number of likely N-dealkylation sites (tertiary alicyclic amines) is 1. The average Bonchev–Trinajstić information content (AvgIpc) is 3.43. The Morgan fingerprint density at radius 2 is 2.08 bits per heavy atom. The number of nitrogens with one attached hydrogen (secondary N) is 1. The molecule has 2 aliphatic rings. The van der Waals surface area contributed by atoms with Crippen molar-refractivity contribution in [1.82, 2.24) is 25.2 Å². The molecule has 4 aromatic rings. The van der Waals surface area contributed by atoms with Crippen LogP contribution in [0.5, 0.6) is 12.1 Å². The van der Waals surface area contributed by atoms with Crippen molar-refractivity contribution >= 4 is 39.4 Å². The van der Waals surface area contributed by atoms with Crippen molar-refractivity contribution in [3.63, 3.8) is 0 Å². The highest BCUT2D eigenvalue weighted by molar-refractivity contribution is 6.34. The molecular formula is C26H26ClF3N6O3. The molecule has 0 radical (unpaired) electrons. The van der Waals surface area contributed by atoms with Crippen molar-refractivity contribution in [3.8, 4) is 23.2 Å². The van der Waals surface area contributed by atoms with Crippen LogP contribution in [-0.2, 0) is 0 Å². The van der Waals surface area contributed by atoms with Gasteiger partial charge in [0.05, 0.1) is 18.1 Å². The molecule has 2 aromatic carbocycles. The number of hydrogen-bond donors (Lipinski definition) is 2. The smallest absolute Gasteiger partial charge is 0.392 e. The molecule has 2 aromatic heterocycles. The predicted molar refractivity (Wildman–Crippen MR) is 140 cm³/mol.